The quantitative estimate of drug-likeness (QED) is 0.582. The number of hydrogen-bond donors (Lipinski definition) is 1. The van der Waals surface area contributed by atoms with Gasteiger partial charge >= 0.3 is 6.18 Å². The molecule has 1 saturated heterocycles. The van der Waals surface area contributed by atoms with Crippen LogP contribution in [0, 0.1) is 13.8 Å². The van der Waals surface area contributed by atoms with Crippen molar-refractivity contribution in [2.24, 2.45) is 0 Å². The van der Waals surface area contributed by atoms with Gasteiger partial charge in [0.1, 0.15) is 5.76 Å². The highest BCUT2D eigenvalue weighted by molar-refractivity contribution is 6.00. The predicted octanol–water partition coefficient (Wildman–Crippen LogP) is 5.01. The predicted molar refractivity (Wildman–Crippen MR) is 118 cm³/mol. The fourth-order valence-electron chi connectivity index (χ4n) is 3.94. The molecule has 4 rings (SSSR count). The lowest BCUT2D eigenvalue weighted by Crippen LogP contribution is -2.48. The second-order valence-electron chi connectivity index (χ2n) is 8.12. The van der Waals surface area contributed by atoms with Crippen molar-refractivity contribution in [2.45, 2.75) is 26.6 Å². The minimum atomic E-state index is -4.43. The first-order valence-electron chi connectivity index (χ1n) is 10.7. The van der Waals surface area contributed by atoms with Crippen molar-refractivity contribution in [2.75, 3.05) is 31.5 Å². The van der Waals surface area contributed by atoms with E-state index < -0.39 is 11.7 Å². The summed E-state index contributed by atoms with van der Waals surface area (Å²) in [6.07, 6.45) is -4.43. The number of anilines is 2. The number of alkyl halides is 3. The maximum Gasteiger partial charge on any atom is 0.416 e. The molecule has 0 saturated carbocycles. The number of amides is 1. The summed E-state index contributed by atoms with van der Waals surface area (Å²) < 4.78 is 44.4. The first kappa shape index (κ1) is 22.8. The SMILES string of the molecule is Cc1noc(C)c1CN1CCN(C(=O)c2ccccc2Nc2cccc(C(F)(F)F)c2)CC1. The van der Waals surface area contributed by atoms with Crippen molar-refractivity contribution in [3.63, 3.8) is 0 Å². The van der Waals surface area contributed by atoms with Crippen LogP contribution in [-0.4, -0.2) is 47.0 Å². The number of carbonyl (C=O) groups excluding carboxylic acids is 1. The van der Waals surface area contributed by atoms with E-state index in [4.69, 9.17) is 4.52 Å². The van der Waals surface area contributed by atoms with Crippen molar-refractivity contribution in [3.05, 3.63) is 76.7 Å². The summed E-state index contributed by atoms with van der Waals surface area (Å²) in [5, 5.41) is 6.97. The Balaban J connectivity index is 1.44. The van der Waals surface area contributed by atoms with Gasteiger partial charge in [-0.05, 0) is 44.2 Å². The Labute approximate surface area is 190 Å². The summed E-state index contributed by atoms with van der Waals surface area (Å²) in [4.78, 5) is 17.3. The van der Waals surface area contributed by atoms with Gasteiger partial charge in [-0.3, -0.25) is 9.69 Å². The average molecular weight is 458 g/mol. The highest BCUT2D eigenvalue weighted by Crippen LogP contribution is 2.32. The van der Waals surface area contributed by atoms with Gasteiger partial charge in [-0.15, -0.1) is 0 Å². The van der Waals surface area contributed by atoms with Gasteiger partial charge in [0.05, 0.1) is 22.5 Å². The monoisotopic (exact) mass is 458 g/mol. The molecule has 0 bridgehead atoms. The molecule has 1 fully saturated rings. The van der Waals surface area contributed by atoms with Crippen molar-refractivity contribution in [1.29, 1.82) is 0 Å². The standard InChI is InChI=1S/C24H25F3N4O2/c1-16-21(17(2)33-29-16)15-30-10-12-31(13-11-30)23(32)20-8-3-4-9-22(20)28-19-7-5-6-18(14-19)24(25,26)27/h3-9,14,28H,10-13,15H2,1-2H3. The first-order chi connectivity index (χ1) is 15.7. The Morgan fingerprint density at radius 3 is 2.45 bits per heavy atom. The van der Waals surface area contributed by atoms with E-state index in [0.717, 1.165) is 35.7 Å². The average Bonchev–Trinajstić information content (AvgIpc) is 3.11. The molecule has 1 aliphatic heterocycles. The van der Waals surface area contributed by atoms with Crippen LogP contribution < -0.4 is 5.32 Å². The second-order valence-corrected chi connectivity index (χ2v) is 8.12. The molecule has 1 N–H and O–H groups in total. The molecule has 1 amide bonds. The number of benzene rings is 2. The molecule has 0 radical (unpaired) electrons. The number of hydrogen-bond acceptors (Lipinski definition) is 5. The zero-order valence-corrected chi connectivity index (χ0v) is 18.4. The fourth-order valence-corrected chi connectivity index (χ4v) is 3.94. The van der Waals surface area contributed by atoms with Gasteiger partial charge in [-0.2, -0.15) is 13.2 Å². The van der Waals surface area contributed by atoms with Crippen LogP contribution in [0.1, 0.15) is 32.9 Å². The van der Waals surface area contributed by atoms with Crippen molar-refractivity contribution in [1.82, 2.24) is 15.0 Å². The summed E-state index contributed by atoms with van der Waals surface area (Å²) in [6, 6.07) is 11.8. The maximum absolute atomic E-state index is 13.2. The van der Waals surface area contributed by atoms with Crippen LogP contribution in [0.2, 0.25) is 0 Å². The molecule has 3 aromatic rings. The highest BCUT2D eigenvalue weighted by Gasteiger charge is 2.30. The van der Waals surface area contributed by atoms with Crippen molar-refractivity contribution >= 4 is 17.3 Å². The van der Waals surface area contributed by atoms with E-state index >= 15 is 0 Å². The number of carbonyl (C=O) groups is 1. The van der Waals surface area contributed by atoms with E-state index in [2.05, 4.69) is 15.4 Å². The van der Waals surface area contributed by atoms with E-state index in [1.54, 1.807) is 35.2 Å². The second kappa shape index (κ2) is 9.27. The molecule has 9 heteroatoms. The minimum Gasteiger partial charge on any atom is -0.361 e. The molecule has 174 valence electrons. The molecular weight excluding hydrogens is 433 g/mol. The highest BCUT2D eigenvalue weighted by atomic mass is 19.4. The maximum atomic E-state index is 13.2. The largest absolute Gasteiger partial charge is 0.416 e. The molecule has 1 aliphatic rings. The molecule has 0 aliphatic carbocycles. The third-order valence-corrected chi connectivity index (χ3v) is 5.85. The van der Waals surface area contributed by atoms with Crippen LogP contribution in [-0.2, 0) is 12.7 Å². The van der Waals surface area contributed by atoms with Gasteiger partial charge in [0.15, 0.2) is 0 Å². The summed E-state index contributed by atoms with van der Waals surface area (Å²) in [6.45, 7) is 7.05. The van der Waals surface area contributed by atoms with E-state index in [9.17, 15) is 18.0 Å². The Bertz CT molecular complexity index is 1120. The molecule has 6 nitrogen and oxygen atoms in total. The number of piperazine rings is 1. The minimum absolute atomic E-state index is 0.151. The van der Waals surface area contributed by atoms with Crippen LogP contribution in [0.3, 0.4) is 0 Å². The molecule has 0 unspecified atom stereocenters. The number of nitrogens with one attached hydrogen (secondary N) is 1. The van der Waals surface area contributed by atoms with E-state index in [0.29, 0.717) is 37.4 Å². The summed E-state index contributed by atoms with van der Waals surface area (Å²) in [5.41, 5.74) is 2.38. The van der Waals surface area contributed by atoms with E-state index in [-0.39, 0.29) is 11.6 Å². The van der Waals surface area contributed by atoms with Crippen LogP contribution >= 0.6 is 0 Å². The van der Waals surface area contributed by atoms with Crippen molar-refractivity contribution < 1.29 is 22.5 Å². The summed E-state index contributed by atoms with van der Waals surface area (Å²) >= 11 is 0. The molecular formula is C24H25F3N4O2. The number of rotatable bonds is 5. The first-order valence-corrected chi connectivity index (χ1v) is 10.7. The van der Waals surface area contributed by atoms with Crippen molar-refractivity contribution in [3.8, 4) is 0 Å². The lowest BCUT2D eigenvalue weighted by atomic mass is 10.1. The zero-order valence-electron chi connectivity index (χ0n) is 18.4. The Morgan fingerprint density at radius 1 is 1.06 bits per heavy atom. The zero-order chi connectivity index (χ0) is 23.6. The molecule has 33 heavy (non-hydrogen) atoms. The number of aryl methyl sites for hydroxylation is 2. The number of aromatic nitrogens is 1. The molecule has 0 atom stereocenters. The molecule has 1 aromatic heterocycles. The smallest absolute Gasteiger partial charge is 0.361 e. The van der Waals surface area contributed by atoms with Gasteiger partial charge in [-0.25, -0.2) is 0 Å². The van der Waals surface area contributed by atoms with Gasteiger partial charge in [0, 0.05) is 44.0 Å². The van der Waals surface area contributed by atoms with Gasteiger partial charge in [0.2, 0.25) is 0 Å². The number of halogens is 3. The van der Waals surface area contributed by atoms with Crippen LogP contribution in [0.25, 0.3) is 0 Å². The summed E-state index contributed by atoms with van der Waals surface area (Å²) in [7, 11) is 0. The lowest BCUT2D eigenvalue weighted by molar-refractivity contribution is -0.137. The topological polar surface area (TPSA) is 61.6 Å². The third-order valence-electron chi connectivity index (χ3n) is 5.85. The summed E-state index contributed by atoms with van der Waals surface area (Å²) in [5.74, 6) is 0.655. The Hall–Kier alpha value is -3.33. The molecule has 2 heterocycles. The van der Waals surface area contributed by atoms with E-state index in [1.807, 2.05) is 13.8 Å². The van der Waals surface area contributed by atoms with Crippen LogP contribution in [0.15, 0.2) is 53.1 Å². The van der Waals surface area contributed by atoms with Gasteiger partial charge < -0.3 is 14.7 Å². The fraction of sp³-hybridized carbons (Fsp3) is 0.333. The number of nitrogens with zero attached hydrogens (tertiary/aromatic N) is 3. The van der Waals surface area contributed by atoms with Crippen LogP contribution in [0.5, 0.6) is 0 Å². The molecule has 2 aromatic carbocycles. The Morgan fingerprint density at radius 2 is 1.79 bits per heavy atom. The van der Waals surface area contributed by atoms with Crippen LogP contribution in [0.4, 0.5) is 24.5 Å². The third kappa shape index (κ3) is 5.19. The lowest BCUT2D eigenvalue weighted by Gasteiger charge is -2.35. The number of para-hydroxylation sites is 1. The Kier molecular flexibility index (Phi) is 6.42. The molecule has 0 spiro atoms. The van der Waals surface area contributed by atoms with Gasteiger partial charge in [0.25, 0.3) is 5.91 Å². The normalized spacial score (nSPS) is 15.0. The van der Waals surface area contributed by atoms with Gasteiger partial charge in [-0.1, -0.05) is 23.4 Å². The van der Waals surface area contributed by atoms with E-state index in [1.165, 1.54) is 6.07 Å².